The van der Waals surface area contributed by atoms with Crippen molar-refractivity contribution in [2.24, 2.45) is 0 Å². The number of benzene rings is 3. The Kier molecular flexibility index (Phi) is 5.51. The van der Waals surface area contributed by atoms with Gasteiger partial charge < -0.3 is 9.47 Å². The number of carbonyl (C=O) groups is 1. The second kappa shape index (κ2) is 7.99. The predicted molar refractivity (Wildman–Crippen MR) is 104 cm³/mol. The number of hydrogen-bond acceptors (Lipinski definition) is 3. The smallest absolute Gasteiger partial charge is 0.337 e. The molecule has 0 aliphatic heterocycles. The summed E-state index contributed by atoms with van der Waals surface area (Å²) in [5.41, 5.74) is 1.34. The molecule has 0 heterocycles. The number of fused-ring (bicyclic) bond motifs is 1. The molecule has 4 heteroatoms. The molecule has 0 aromatic heterocycles. The Balaban J connectivity index is 1.83. The fourth-order valence-electron chi connectivity index (χ4n) is 2.49. The molecule has 0 atom stereocenters. The SMILES string of the molecule is COC(=O)/C(=C/c1ccccc1Br)COc1ccc2ccccc2c1. The predicted octanol–water partition coefficient (Wildman–Crippen LogP) is 5.24. The van der Waals surface area contributed by atoms with E-state index in [1.54, 1.807) is 6.08 Å². The third-order valence-corrected chi connectivity index (χ3v) is 4.52. The van der Waals surface area contributed by atoms with Crippen molar-refractivity contribution in [1.29, 1.82) is 0 Å². The van der Waals surface area contributed by atoms with E-state index in [1.807, 2.05) is 66.7 Å². The second-order valence-corrected chi connectivity index (χ2v) is 6.33. The van der Waals surface area contributed by atoms with Crippen molar-refractivity contribution >= 4 is 38.7 Å². The third kappa shape index (κ3) is 4.28. The van der Waals surface area contributed by atoms with Crippen LogP contribution in [0.5, 0.6) is 5.75 Å². The van der Waals surface area contributed by atoms with E-state index in [0.717, 1.165) is 20.8 Å². The van der Waals surface area contributed by atoms with Crippen molar-refractivity contribution in [3.8, 4) is 5.75 Å². The molecule has 0 unspecified atom stereocenters. The molecule has 0 fully saturated rings. The Morgan fingerprint density at radius 1 is 1.00 bits per heavy atom. The number of carbonyl (C=O) groups excluding carboxylic acids is 1. The van der Waals surface area contributed by atoms with E-state index in [-0.39, 0.29) is 6.61 Å². The van der Waals surface area contributed by atoms with Crippen LogP contribution in [0.4, 0.5) is 0 Å². The fourth-order valence-corrected chi connectivity index (χ4v) is 2.89. The first kappa shape index (κ1) is 17.2. The van der Waals surface area contributed by atoms with Crippen molar-refractivity contribution in [2.75, 3.05) is 13.7 Å². The van der Waals surface area contributed by atoms with Gasteiger partial charge in [0.15, 0.2) is 0 Å². The van der Waals surface area contributed by atoms with Gasteiger partial charge in [0.05, 0.1) is 12.7 Å². The molecule has 0 saturated heterocycles. The molecule has 3 nitrogen and oxygen atoms in total. The summed E-state index contributed by atoms with van der Waals surface area (Å²) in [7, 11) is 1.37. The van der Waals surface area contributed by atoms with Crippen LogP contribution in [0.15, 0.2) is 76.8 Å². The van der Waals surface area contributed by atoms with Gasteiger partial charge in [0, 0.05) is 4.47 Å². The lowest BCUT2D eigenvalue weighted by atomic mass is 10.1. The van der Waals surface area contributed by atoms with Crippen LogP contribution in [0.3, 0.4) is 0 Å². The molecule has 0 amide bonds. The highest BCUT2D eigenvalue weighted by molar-refractivity contribution is 9.10. The lowest BCUT2D eigenvalue weighted by Crippen LogP contribution is -2.12. The van der Waals surface area contributed by atoms with Gasteiger partial charge in [0.2, 0.25) is 0 Å². The van der Waals surface area contributed by atoms with Gasteiger partial charge in [-0.2, -0.15) is 0 Å². The summed E-state index contributed by atoms with van der Waals surface area (Å²) >= 11 is 3.48. The molecule has 3 rings (SSSR count). The zero-order chi connectivity index (χ0) is 17.6. The van der Waals surface area contributed by atoms with Crippen LogP contribution >= 0.6 is 15.9 Å². The first-order valence-electron chi connectivity index (χ1n) is 7.82. The number of esters is 1. The van der Waals surface area contributed by atoms with E-state index in [2.05, 4.69) is 15.9 Å². The summed E-state index contributed by atoms with van der Waals surface area (Å²) < 4.78 is 11.6. The summed E-state index contributed by atoms with van der Waals surface area (Å²) in [4.78, 5) is 12.1. The number of hydrogen-bond donors (Lipinski definition) is 0. The highest BCUT2D eigenvalue weighted by Gasteiger charge is 2.12. The Morgan fingerprint density at radius 3 is 2.48 bits per heavy atom. The van der Waals surface area contributed by atoms with E-state index >= 15 is 0 Å². The van der Waals surface area contributed by atoms with Gasteiger partial charge >= 0.3 is 5.97 Å². The van der Waals surface area contributed by atoms with E-state index in [0.29, 0.717) is 11.3 Å². The molecular weight excluding hydrogens is 380 g/mol. The first-order valence-corrected chi connectivity index (χ1v) is 8.61. The molecule has 0 spiro atoms. The third-order valence-electron chi connectivity index (χ3n) is 3.80. The van der Waals surface area contributed by atoms with Crippen LogP contribution in [-0.2, 0) is 9.53 Å². The van der Waals surface area contributed by atoms with E-state index in [4.69, 9.17) is 9.47 Å². The van der Waals surface area contributed by atoms with Crippen molar-refractivity contribution in [1.82, 2.24) is 0 Å². The lowest BCUT2D eigenvalue weighted by Gasteiger charge is -2.10. The molecule has 25 heavy (non-hydrogen) atoms. The first-order chi connectivity index (χ1) is 12.2. The minimum Gasteiger partial charge on any atom is -0.489 e. The average Bonchev–Trinajstić information content (AvgIpc) is 2.65. The summed E-state index contributed by atoms with van der Waals surface area (Å²) in [6.45, 7) is 0.131. The molecule has 0 bridgehead atoms. The number of ether oxygens (including phenoxy) is 2. The monoisotopic (exact) mass is 396 g/mol. The molecule has 0 aliphatic carbocycles. The van der Waals surface area contributed by atoms with Gasteiger partial charge in [-0.25, -0.2) is 4.79 Å². The van der Waals surface area contributed by atoms with Crippen molar-refractivity contribution in [3.63, 3.8) is 0 Å². The Labute approximate surface area is 155 Å². The zero-order valence-corrected chi connectivity index (χ0v) is 15.3. The lowest BCUT2D eigenvalue weighted by molar-refractivity contribution is -0.136. The second-order valence-electron chi connectivity index (χ2n) is 5.48. The summed E-state index contributed by atoms with van der Waals surface area (Å²) in [5, 5.41) is 2.24. The van der Waals surface area contributed by atoms with Gasteiger partial charge in [-0.05, 0) is 40.6 Å². The minimum absolute atomic E-state index is 0.131. The average molecular weight is 397 g/mol. The highest BCUT2D eigenvalue weighted by Crippen LogP contribution is 2.23. The van der Waals surface area contributed by atoms with Crippen LogP contribution in [0.1, 0.15) is 5.56 Å². The fraction of sp³-hybridized carbons (Fsp3) is 0.0952. The van der Waals surface area contributed by atoms with Crippen LogP contribution in [0.2, 0.25) is 0 Å². The van der Waals surface area contributed by atoms with Gasteiger partial charge in [-0.1, -0.05) is 64.5 Å². The normalized spacial score (nSPS) is 11.4. The number of halogens is 1. The summed E-state index contributed by atoms with van der Waals surface area (Å²) in [5.74, 6) is 0.303. The molecule has 3 aromatic rings. The largest absolute Gasteiger partial charge is 0.489 e. The Morgan fingerprint density at radius 2 is 1.72 bits per heavy atom. The topological polar surface area (TPSA) is 35.5 Å². The zero-order valence-electron chi connectivity index (χ0n) is 13.7. The molecular formula is C21H17BrO3. The van der Waals surface area contributed by atoms with Crippen LogP contribution in [0, 0.1) is 0 Å². The van der Waals surface area contributed by atoms with Crippen LogP contribution < -0.4 is 4.74 Å². The number of methoxy groups -OCH3 is 1. The maximum atomic E-state index is 12.1. The van der Waals surface area contributed by atoms with E-state index < -0.39 is 5.97 Å². The molecule has 0 saturated carbocycles. The number of rotatable bonds is 5. The summed E-state index contributed by atoms with van der Waals surface area (Å²) in [6.07, 6.45) is 1.77. The molecule has 3 aromatic carbocycles. The minimum atomic E-state index is -0.406. The van der Waals surface area contributed by atoms with Gasteiger partial charge in [0.25, 0.3) is 0 Å². The van der Waals surface area contributed by atoms with Crippen molar-refractivity contribution < 1.29 is 14.3 Å². The molecule has 0 radical (unpaired) electrons. The van der Waals surface area contributed by atoms with E-state index in [1.165, 1.54) is 7.11 Å². The molecule has 0 aliphatic rings. The standard InChI is InChI=1S/C21H17BrO3/c1-24-21(23)18(12-17-8-4-5-9-20(17)22)14-25-19-11-10-15-6-2-3-7-16(15)13-19/h2-13H,14H2,1H3/b18-12+. The maximum Gasteiger partial charge on any atom is 0.337 e. The molecule has 126 valence electrons. The summed E-state index contributed by atoms with van der Waals surface area (Å²) in [6, 6.07) is 21.6. The maximum absolute atomic E-state index is 12.1. The van der Waals surface area contributed by atoms with Gasteiger partial charge in [-0.3, -0.25) is 0 Å². The van der Waals surface area contributed by atoms with Gasteiger partial charge in [-0.15, -0.1) is 0 Å². The quantitative estimate of drug-likeness (QED) is 0.437. The van der Waals surface area contributed by atoms with Crippen molar-refractivity contribution in [2.45, 2.75) is 0 Å². The van der Waals surface area contributed by atoms with Gasteiger partial charge in [0.1, 0.15) is 12.4 Å². The Bertz CT molecular complexity index is 931. The van der Waals surface area contributed by atoms with Crippen molar-refractivity contribution in [3.05, 3.63) is 82.3 Å². The Hall–Kier alpha value is -2.59. The molecule has 0 N–H and O–H groups in total. The highest BCUT2D eigenvalue weighted by atomic mass is 79.9. The van der Waals surface area contributed by atoms with Crippen LogP contribution in [-0.4, -0.2) is 19.7 Å². The van der Waals surface area contributed by atoms with E-state index in [9.17, 15) is 4.79 Å². The van der Waals surface area contributed by atoms with Crippen LogP contribution in [0.25, 0.3) is 16.8 Å².